The van der Waals surface area contributed by atoms with Crippen LogP contribution in [0.3, 0.4) is 0 Å². The topological polar surface area (TPSA) is 15.3 Å². The van der Waals surface area contributed by atoms with E-state index in [1.54, 1.807) is 0 Å². The summed E-state index contributed by atoms with van der Waals surface area (Å²) in [6.07, 6.45) is 12.6. The second-order valence-corrected chi connectivity index (χ2v) is 5.25. The van der Waals surface area contributed by atoms with Gasteiger partial charge in [0.25, 0.3) is 0 Å². The normalized spacial score (nSPS) is 31.1. The third-order valence-corrected chi connectivity index (χ3v) is 3.85. The third kappa shape index (κ3) is 3.60. The largest absolute Gasteiger partial charge is 0.310 e. The quantitative estimate of drug-likeness (QED) is 0.568. The van der Waals surface area contributed by atoms with Crippen LogP contribution < -0.4 is 5.32 Å². The third-order valence-electron chi connectivity index (χ3n) is 3.85. The lowest BCUT2D eigenvalue weighted by atomic mass is 10.1. The van der Waals surface area contributed by atoms with E-state index < -0.39 is 0 Å². The number of rotatable bonds is 5. The summed E-state index contributed by atoms with van der Waals surface area (Å²) < 4.78 is 0. The fourth-order valence-electron chi connectivity index (χ4n) is 2.94. The molecule has 92 valence electrons. The molecular weight excluding hydrogens is 196 g/mol. The molecule has 2 saturated heterocycles. The van der Waals surface area contributed by atoms with Crippen LogP contribution in [0, 0.1) is 0 Å². The molecule has 2 heterocycles. The van der Waals surface area contributed by atoms with Gasteiger partial charge in [-0.15, -0.1) is 0 Å². The van der Waals surface area contributed by atoms with Gasteiger partial charge < -0.3 is 10.2 Å². The average Bonchev–Trinajstić information content (AvgIpc) is 2.61. The number of hydrogen-bond donors (Lipinski definition) is 1. The van der Waals surface area contributed by atoms with Crippen LogP contribution in [0.25, 0.3) is 0 Å². The summed E-state index contributed by atoms with van der Waals surface area (Å²) >= 11 is 0. The molecule has 2 fully saturated rings. The van der Waals surface area contributed by atoms with Crippen LogP contribution in [0.4, 0.5) is 0 Å². The molecule has 0 aromatic heterocycles. The molecule has 0 spiro atoms. The number of likely N-dealkylation sites (tertiary alicyclic amines) is 1. The molecule has 0 aromatic carbocycles. The average molecular weight is 222 g/mol. The van der Waals surface area contributed by atoms with Gasteiger partial charge in [-0.1, -0.05) is 19.1 Å². The molecule has 2 bridgehead atoms. The maximum atomic E-state index is 3.74. The molecule has 2 aliphatic heterocycles. The molecular formula is C14H26N2. The van der Waals surface area contributed by atoms with E-state index in [4.69, 9.17) is 0 Å². The Balaban J connectivity index is 1.64. The van der Waals surface area contributed by atoms with Crippen LogP contribution in [-0.4, -0.2) is 36.6 Å². The van der Waals surface area contributed by atoms with Crippen LogP contribution in [0.15, 0.2) is 12.2 Å². The van der Waals surface area contributed by atoms with Crippen molar-refractivity contribution in [1.29, 1.82) is 0 Å². The van der Waals surface area contributed by atoms with Gasteiger partial charge >= 0.3 is 0 Å². The molecule has 0 saturated carbocycles. The molecule has 0 unspecified atom stereocenters. The van der Waals surface area contributed by atoms with E-state index >= 15 is 0 Å². The van der Waals surface area contributed by atoms with Gasteiger partial charge in [0.15, 0.2) is 0 Å². The Bertz CT molecular complexity index is 225. The highest BCUT2D eigenvalue weighted by Gasteiger charge is 2.28. The second-order valence-electron chi connectivity index (χ2n) is 5.25. The summed E-state index contributed by atoms with van der Waals surface area (Å²) in [5.74, 6) is 0. The van der Waals surface area contributed by atoms with E-state index in [1.165, 1.54) is 58.2 Å². The van der Waals surface area contributed by atoms with Gasteiger partial charge in [-0.2, -0.15) is 0 Å². The number of unbranched alkanes of at least 4 members (excludes halogenated alkanes) is 1. The number of nitrogens with one attached hydrogen (secondary N) is 1. The van der Waals surface area contributed by atoms with Crippen molar-refractivity contribution in [2.75, 3.05) is 19.6 Å². The first-order chi connectivity index (χ1) is 7.88. The smallest absolute Gasteiger partial charge is 0.0198 e. The Morgan fingerprint density at radius 1 is 1.19 bits per heavy atom. The Morgan fingerprint density at radius 3 is 2.94 bits per heavy atom. The van der Waals surface area contributed by atoms with E-state index in [0.717, 1.165) is 12.1 Å². The lowest BCUT2D eigenvalue weighted by Gasteiger charge is -2.23. The van der Waals surface area contributed by atoms with E-state index in [0.29, 0.717) is 0 Å². The van der Waals surface area contributed by atoms with Crippen molar-refractivity contribution >= 4 is 0 Å². The summed E-state index contributed by atoms with van der Waals surface area (Å²) in [5.41, 5.74) is 0. The molecule has 0 amide bonds. The van der Waals surface area contributed by atoms with Crippen molar-refractivity contribution in [3.8, 4) is 0 Å². The summed E-state index contributed by atoms with van der Waals surface area (Å²) in [4.78, 5) is 2.66. The molecule has 2 nitrogen and oxygen atoms in total. The zero-order valence-corrected chi connectivity index (χ0v) is 10.6. The zero-order valence-electron chi connectivity index (χ0n) is 10.6. The van der Waals surface area contributed by atoms with Gasteiger partial charge in [-0.3, -0.25) is 0 Å². The minimum Gasteiger partial charge on any atom is -0.310 e. The van der Waals surface area contributed by atoms with Crippen LogP contribution in [0.5, 0.6) is 0 Å². The summed E-state index contributed by atoms with van der Waals surface area (Å²) in [6, 6.07) is 1.62. The van der Waals surface area contributed by atoms with Gasteiger partial charge in [0.1, 0.15) is 0 Å². The molecule has 0 aliphatic carbocycles. The maximum absolute atomic E-state index is 3.74. The van der Waals surface area contributed by atoms with Gasteiger partial charge in [0.05, 0.1) is 0 Å². The highest BCUT2D eigenvalue weighted by Crippen LogP contribution is 2.20. The van der Waals surface area contributed by atoms with Crippen molar-refractivity contribution in [1.82, 2.24) is 10.2 Å². The number of nitrogens with zero attached hydrogens (tertiary/aromatic N) is 1. The molecule has 0 radical (unpaired) electrons. The van der Waals surface area contributed by atoms with E-state index in [2.05, 4.69) is 29.3 Å². The minimum atomic E-state index is 0.790. The Hall–Kier alpha value is -0.340. The monoisotopic (exact) mass is 222 g/mol. The molecule has 2 atom stereocenters. The van der Waals surface area contributed by atoms with Crippen molar-refractivity contribution in [2.45, 2.75) is 57.5 Å². The highest BCUT2D eigenvalue weighted by molar-refractivity contribution is 4.89. The Kier molecular flexibility index (Phi) is 4.86. The van der Waals surface area contributed by atoms with Crippen molar-refractivity contribution in [3.05, 3.63) is 12.2 Å². The van der Waals surface area contributed by atoms with Crippen LogP contribution in [0.1, 0.15) is 45.4 Å². The van der Waals surface area contributed by atoms with E-state index in [-0.39, 0.29) is 0 Å². The number of fused-ring (bicyclic) bond motifs is 2. The lowest BCUT2D eigenvalue weighted by molar-refractivity contribution is 0.256. The summed E-state index contributed by atoms with van der Waals surface area (Å²) in [7, 11) is 0. The molecule has 1 N–H and O–H groups in total. The van der Waals surface area contributed by atoms with Gasteiger partial charge in [-0.25, -0.2) is 0 Å². The standard InChI is InChI=1S/C14H26N2/c1-2-3-4-5-6-10-16-11-9-13-7-8-14(12-16)15-13/h3-4,13-15H,2,5-12H2,1H3/b4-3-/t13-,14+/m1/s1. The van der Waals surface area contributed by atoms with Crippen molar-refractivity contribution in [2.24, 2.45) is 0 Å². The molecule has 2 heteroatoms. The fourth-order valence-corrected chi connectivity index (χ4v) is 2.94. The maximum Gasteiger partial charge on any atom is 0.0198 e. The fraction of sp³-hybridized carbons (Fsp3) is 0.857. The predicted molar refractivity (Wildman–Crippen MR) is 69.7 cm³/mol. The number of allylic oxidation sites excluding steroid dienone is 2. The van der Waals surface area contributed by atoms with Crippen LogP contribution in [0.2, 0.25) is 0 Å². The molecule has 0 aromatic rings. The van der Waals surface area contributed by atoms with Crippen molar-refractivity contribution < 1.29 is 0 Å². The summed E-state index contributed by atoms with van der Waals surface area (Å²) in [6.45, 7) is 6.09. The highest BCUT2D eigenvalue weighted by atomic mass is 15.2. The van der Waals surface area contributed by atoms with Gasteiger partial charge in [-0.05, 0) is 51.6 Å². The van der Waals surface area contributed by atoms with E-state index in [9.17, 15) is 0 Å². The Morgan fingerprint density at radius 2 is 2.06 bits per heavy atom. The molecule has 2 rings (SSSR count). The second kappa shape index (κ2) is 6.41. The minimum absolute atomic E-state index is 0.790. The van der Waals surface area contributed by atoms with Crippen molar-refractivity contribution in [3.63, 3.8) is 0 Å². The van der Waals surface area contributed by atoms with E-state index in [1.807, 2.05) is 0 Å². The van der Waals surface area contributed by atoms with Gasteiger partial charge in [0, 0.05) is 18.6 Å². The first-order valence-corrected chi connectivity index (χ1v) is 7.02. The first-order valence-electron chi connectivity index (χ1n) is 7.02. The van der Waals surface area contributed by atoms with Crippen LogP contribution in [-0.2, 0) is 0 Å². The Labute approximate surface area is 100 Å². The molecule has 16 heavy (non-hydrogen) atoms. The molecule has 2 aliphatic rings. The van der Waals surface area contributed by atoms with Crippen LogP contribution >= 0.6 is 0 Å². The number of hydrogen-bond acceptors (Lipinski definition) is 2. The summed E-state index contributed by atoms with van der Waals surface area (Å²) in [5, 5.41) is 3.74. The predicted octanol–water partition coefficient (Wildman–Crippen LogP) is 2.56. The SMILES string of the molecule is CC/C=C\CCCN1CC[C@H]2CC[C@@H](C1)N2. The lowest BCUT2D eigenvalue weighted by Crippen LogP contribution is -2.35. The van der Waals surface area contributed by atoms with Gasteiger partial charge in [0.2, 0.25) is 0 Å². The zero-order chi connectivity index (χ0) is 11.2. The first kappa shape index (κ1) is 12.1.